The molecule has 1 saturated heterocycles. The molecule has 0 amide bonds. The van der Waals surface area contributed by atoms with Crippen molar-refractivity contribution < 1.29 is 28.9 Å². The van der Waals surface area contributed by atoms with Crippen LogP contribution in [0.25, 0.3) is 0 Å². The molecule has 1 aromatic heterocycles. The maximum Gasteiger partial charge on any atom is 0.310 e. The topological polar surface area (TPSA) is 31.4 Å². The van der Waals surface area contributed by atoms with Crippen molar-refractivity contribution in [2.75, 3.05) is 13.2 Å². The van der Waals surface area contributed by atoms with Crippen LogP contribution in [-0.4, -0.2) is 18.2 Å². The van der Waals surface area contributed by atoms with E-state index >= 15 is 0 Å². The van der Waals surface area contributed by atoms with Gasteiger partial charge in [-0.15, -0.1) is 0 Å². The zero-order valence-corrected chi connectivity index (χ0v) is 18.9. The molecule has 4 aliphatic rings. The van der Waals surface area contributed by atoms with Crippen LogP contribution in [0.4, 0.5) is 19.4 Å². The van der Waals surface area contributed by atoms with Crippen molar-refractivity contribution in [2.45, 2.75) is 73.9 Å². The summed E-state index contributed by atoms with van der Waals surface area (Å²) < 4.78 is 78.8. The summed E-state index contributed by atoms with van der Waals surface area (Å²) in [5.74, 6) is 0.418. The van der Waals surface area contributed by atoms with Gasteiger partial charge >= 0.3 is 10.2 Å². The molecule has 3 aliphatic heterocycles. The van der Waals surface area contributed by atoms with E-state index < -0.39 is 26.8 Å². The third-order valence-corrected chi connectivity index (χ3v) is 8.92. The first kappa shape index (κ1) is 21.8. The van der Waals surface area contributed by atoms with Gasteiger partial charge < -0.3 is 9.47 Å². The number of aryl methyl sites for hydroxylation is 2. The molecule has 6 rings (SSSR count). The minimum Gasteiger partial charge on any atom is -0.381 e. The highest BCUT2D eigenvalue weighted by Crippen LogP contribution is 3.02. The average molecular weight is 488 g/mol. The van der Waals surface area contributed by atoms with Gasteiger partial charge in [0.2, 0.25) is 0 Å². The largest absolute Gasteiger partial charge is 0.381 e. The molecular weight excluding hydrogens is 461 g/mol. The van der Waals surface area contributed by atoms with Gasteiger partial charge in [-0.25, -0.2) is 0 Å². The van der Waals surface area contributed by atoms with E-state index in [9.17, 15) is 19.4 Å². The summed E-state index contributed by atoms with van der Waals surface area (Å²) in [4.78, 5) is 3.16. The Labute approximate surface area is 189 Å². The zero-order valence-electron chi connectivity index (χ0n) is 18.1. The molecule has 9 heteroatoms. The molecule has 1 fully saturated rings. The molecule has 0 radical (unpaired) electrons. The Bertz CT molecular complexity index is 1130. The number of pyridine rings is 1. The second kappa shape index (κ2) is 6.49. The van der Waals surface area contributed by atoms with Gasteiger partial charge in [-0.05, 0) is 73.3 Å². The first-order chi connectivity index (χ1) is 15.5. The van der Waals surface area contributed by atoms with Gasteiger partial charge in [-0.3, -0.25) is 4.98 Å². The number of ether oxygens (including phenoxy) is 2. The molecular formula is C24H26F5NO2S. The maximum atomic E-state index is 13.3. The summed E-state index contributed by atoms with van der Waals surface area (Å²) in [7, 11) is -9.73. The smallest absolute Gasteiger partial charge is 0.310 e. The maximum absolute atomic E-state index is 13.3. The molecule has 4 heterocycles. The molecule has 3 nitrogen and oxygen atoms in total. The predicted molar refractivity (Wildman–Crippen MR) is 115 cm³/mol. The zero-order chi connectivity index (χ0) is 23.1. The second-order valence-corrected chi connectivity index (χ2v) is 12.2. The Kier molecular flexibility index (Phi) is 4.29. The van der Waals surface area contributed by atoms with Crippen LogP contribution in [0.3, 0.4) is 0 Å². The summed E-state index contributed by atoms with van der Waals surface area (Å²) in [5.41, 5.74) is 5.42. The Morgan fingerprint density at radius 3 is 2.06 bits per heavy atom. The van der Waals surface area contributed by atoms with E-state index in [2.05, 4.69) is 0 Å². The number of halogens is 5. The monoisotopic (exact) mass is 487 g/mol. The van der Waals surface area contributed by atoms with Gasteiger partial charge in [-0.1, -0.05) is 31.6 Å². The van der Waals surface area contributed by atoms with E-state index in [-0.39, 0.29) is 0 Å². The minimum atomic E-state index is -9.73. The SMILES string of the molecule is FS(F)(F)(F)(F)c1ccc(C2OC3(CCOCC3)c3c4c5nc(c32)CCCC4CCC5)cc1. The lowest BCUT2D eigenvalue weighted by Gasteiger charge is -2.40. The summed E-state index contributed by atoms with van der Waals surface area (Å²) in [5, 5.41) is 0. The van der Waals surface area contributed by atoms with Crippen LogP contribution in [-0.2, 0) is 27.9 Å². The van der Waals surface area contributed by atoms with Crippen LogP contribution < -0.4 is 0 Å². The fraction of sp³-hybridized carbons (Fsp3) is 0.542. The lowest BCUT2D eigenvalue weighted by atomic mass is 9.71. The van der Waals surface area contributed by atoms with Crippen LogP contribution in [0.1, 0.15) is 84.2 Å². The molecule has 4 bridgehead atoms. The van der Waals surface area contributed by atoms with Crippen molar-refractivity contribution in [3.63, 3.8) is 0 Å². The van der Waals surface area contributed by atoms with Crippen molar-refractivity contribution >= 4 is 10.2 Å². The number of nitrogens with zero attached hydrogens (tertiary/aromatic N) is 1. The quantitative estimate of drug-likeness (QED) is 0.408. The minimum absolute atomic E-state index is 0.418. The Morgan fingerprint density at radius 1 is 0.848 bits per heavy atom. The lowest BCUT2D eigenvalue weighted by Crippen LogP contribution is -2.36. The van der Waals surface area contributed by atoms with Crippen molar-refractivity contribution in [1.29, 1.82) is 0 Å². The highest BCUT2D eigenvalue weighted by Gasteiger charge is 2.65. The van der Waals surface area contributed by atoms with E-state index in [1.807, 2.05) is 0 Å². The number of rotatable bonds is 2. The highest BCUT2D eigenvalue weighted by atomic mass is 32.5. The summed E-state index contributed by atoms with van der Waals surface area (Å²) >= 11 is 0. The van der Waals surface area contributed by atoms with Gasteiger partial charge in [0.15, 0.2) is 0 Å². The number of aromatic nitrogens is 1. The van der Waals surface area contributed by atoms with Gasteiger partial charge in [0, 0.05) is 43.0 Å². The first-order valence-corrected chi connectivity index (χ1v) is 13.6. The van der Waals surface area contributed by atoms with Crippen molar-refractivity contribution in [1.82, 2.24) is 4.98 Å². The Balaban J connectivity index is 1.53. The Morgan fingerprint density at radius 2 is 1.45 bits per heavy atom. The molecule has 0 saturated carbocycles. The number of hydrogen-bond acceptors (Lipinski definition) is 3. The molecule has 33 heavy (non-hydrogen) atoms. The van der Waals surface area contributed by atoms with E-state index in [4.69, 9.17) is 14.5 Å². The number of hydrogen-bond donors (Lipinski definition) is 0. The van der Waals surface area contributed by atoms with Gasteiger partial charge in [0.1, 0.15) is 11.0 Å². The predicted octanol–water partition coefficient (Wildman–Crippen LogP) is 7.62. The molecule has 2 aromatic rings. The molecule has 2 atom stereocenters. The number of fused-ring (bicyclic) bond motifs is 4. The van der Waals surface area contributed by atoms with Crippen molar-refractivity contribution in [3.8, 4) is 0 Å². The van der Waals surface area contributed by atoms with E-state index in [0.29, 0.717) is 49.7 Å². The van der Waals surface area contributed by atoms with Crippen molar-refractivity contribution in [3.05, 3.63) is 57.9 Å². The highest BCUT2D eigenvalue weighted by molar-refractivity contribution is 8.45. The van der Waals surface area contributed by atoms with Crippen LogP contribution in [0.5, 0.6) is 0 Å². The van der Waals surface area contributed by atoms with Crippen LogP contribution in [0, 0.1) is 0 Å². The van der Waals surface area contributed by atoms with Crippen LogP contribution >= 0.6 is 10.2 Å². The second-order valence-electron chi connectivity index (χ2n) is 9.83. The summed E-state index contributed by atoms with van der Waals surface area (Å²) in [6, 6.07) is 3.28. The van der Waals surface area contributed by atoms with Gasteiger partial charge in [0.05, 0.1) is 5.60 Å². The molecule has 0 N–H and O–H groups in total. The Hall–Kier alpha value is -1.71. The molecule has 1 aromatic carbocycles. The molecule has 2 unspecified atom stereocenters. The van der Waals surface area contributed by atoms with E-state index in [1.54, 1.807) is 0 Å². The van der Waals surface area contributed by atoms with Crippen LogP contribution in [0.2, 0.25) is 0 Å². The van der Waals surface area contributed by atoms with Gasteiger partial charge in [-0.2, -0.15) is 0 Å². The molecule has 1 aliphatic carbocycles. The third-order valence-electron chi connectivity index (χ3n) is 7.76. The normalized spacial score (nSPS) is 28.0. The molecule has 180 valence electrons. The van der Waals surface area contributed by atoms with Gasteiger partial charge in [0.25, 0.3) is 0 Å². The fourth-order valence-electron chi connectivity index (χ4n) is 6.32. The van der Waals surface area contributed by atoms with Crippen molar-refractivity contribution in [2.24, 2.45) is 0 Å². The van der Waals surface area contributed by atoms with E-state index in [0.717, 1.165) is 67.6 Å². The standard InChI is InChI=1S/C24H26F5NO2S/c25-33(26,27,28,29)17-9-7-16(8-10-17)23-21-19-6-2-4-15-3-1-5-18(30-19)20(15)22(21)24(32-23)11-13-31-14-12-24/h7-10,15,23H,1-6,11-14H2. The summed E-state index contributed by atoms with van der Waals surface area (Å²) in [6.45, 7) is 1.10. The van der Waals surface area contributed by atoms with E-state index in [1.165, 1.54) is 11.1 Å². The third kappa shape index (κ3) is 3.49. The first-order valence-electron chi connectivity index (χ1n) is 11.6. The number of benzene rings is 1. The average Bonchev–Trinajstić information content (AvgIpc) is 3.06. The molecule has 1 spiro atoms. The summed E-state index contributed by atoms with van der Waals surface area (Å²) in [6.07, 6.45) is 6.78. The van der Waals surface area contributed by atoms with Crippen LogP contribution in [0.15, 0.2) is 29.2 Å². The lowest BCUT2D eigenvalue weighted by molar-refractivity contribution is -0.122. The fourth-order valence-corrected chi connectivity index (χ4v) is 6.97.